The lowest BCUT2D eigenvalue weighted by molar-refractivity contribution is 0.00555. The van der Waals surface area contributed by atoms with E-state index in [2.05, 4.69) is 13.8 Å². The molecule has 296 valence electrons. The van der Waals surface area contributed by atoms with E-state index >= 15 is 0 Å². The Hall–Kier alpha value is 0.0300. The van der Waals surface area contributed by atoms with Crippen LogP contribution in [-0.4, -0.2) is 43.5 Å². The lowest BCUT2D eigenvalue weighted by Crippen LogP contribution is -2.20. The quantitative estimate of drug-likeness (QED) is 0.0500. The highest BCUT2D eigenvalue weighted by atomic mass is 31.2. The molecule has 0 amide bonds. The topological polar surface area (TPSA) is 74.2 Å². The maximum absolute atomic E-state index is 12.4. The summed E-state index contributed by atoms with van der Waals surface area (Å²) in [4.78, 5) is 10.2. The van der Waals surface area contributed by atoms with Gasteiger partial charge in [0.25, 0.3) is 0 Å². The third-order valence-electron chi connectivity index (χ3n) is 9.62. The Kier molecular flexibility index (Phi) is 39.3. The maximum Gasteiger partial charge on any atom is 0.472 e. The first kappa shape index (κ1) is 49.0. The number of phosphoric acid groups is 1. The van der Waals surface area contributed by atoms with Crippen LogP contribution >= 0.6 is 7.82 Å². The molecule has 2 atom stereocenters. The van der Waals surface area contributed by atoms with Crippen molar-refractivity contribution in [2.45, 2.75) is 245 Å². The van der Waals surface area contributed by atoms with Gasteiger partial charge in [0.05, 0.1) is 25.4 Å². The van der Waals surface area contributed by atoms with Crippen molar-refractivity contribution in [3.63, 3.8) is 0 Å². The fourth-order valence-corrected chi connectivity index (χ4v) is 7.62. The summed E-state index contributed by atoms with van der Waals surface area (Å²) in [6.45, 7) is 9.96. The molecule has 0 heterocycles. The van der Waals surface area contributed by atoms with E-state index < -0.39 is 20.0 Å². The second kappa shape index (κ2) is 39.2. The molecule has 0 bridgehead atoms. The van der Waals surface area contributed by atoms with Crippen molar-refractivity contribution in [2.24, 2.45) is 0 Å². The molecule has 7 heteroatoms. The summed E-state index contributed by atoms with van der Waals surface area (Å²) in [6, 6.07) is 0. The van der Waals surface area contributed by atoms with E-state index in [-0.39, 0.29) is 13.2 Å². The molecule has 0 aliphatic rings. The second-order valence-electron chi connectivity index (χ2n) is 15.1. The standard InChI is InChI=1S/C42H87O6P/c1-5-7-9-11-13-15-17-19-21-23-25-27-29-31-33-35-37-45-39-41(3)47-49(43,44)48-42(4)40-46-38-36-34-32-30-28-26-24-22-20-18-16-14-12-10-8-6-2/h41-42H,5-40H2,1-4H3,(H,43,44). The minimum absolute atomic E-state index is 0.288. The number of phosphoric ester groups is 1. The van der Waals surface area contributed by atoms with Crippen molar-refractivity contribution in [1.29, 1.82) is 0 Å². The Morgan fingerprint density at radius 2 is 0.592 bits per heavy atom. The fraction of sp³-hybridized carbons (Fsp3) is 1.00. The Labute approximate surface area is 306 Å². The number of ether oxygens (including phenoxy) is 2. The summed E-state index contributed by atoms with van der Waals surface area (Å²) < 4.78 is 34.4. The molecular weight excluding hydrogens is 631 g/mol. The number of unbranched alkanes of at least 4 members (excludes halogenated alkanes) is 30. The van der Waals surface area contributed by atoms with Gasteiger partial charge in [0.1, 0.15) is 0 Å². The summed E-state index contributed by atoms with van der Waals surface area (Å²) in [5, 5.41) is 0. The highest BCUT2D eigenvalue weighted by molar-refractivity contribution is 7.47. The molecule has 0 spiro atoms. The molecule has 6 nitrogen and oxygen atoms in total. The average Bonchev–Trinajstić information content (AvgIpc) is 3.06. The summed E-state index contributed by atoms with van der Waals surface area (Å²) >= 11 is 0. The van der Waals surface area contributed by atoms with Crippen molar-refractivity contribution >= 4 is 7.82 Å². The van der Waals surface area contributed by atoms with Gasteiger partial charge < -0.3 is 14.4 Å². The van der Waals surface area contributed by atoms with Crippen molar-refractivity contribution in [3.8, 4) is 0 Å². The van der Waals surface area contributed by atoms with Crippen LogP contribution in [0.2, 0.25) is 0 Å². The van der Waals surface area contributed by atoms with Crippen molar-refractivity contribution in [1.82, 2.24) is 0 Å². The first-order chi connectivity index (χ1) is 23.9. The largest absolute Gasteiger partial charge is 0.472 e. The molecular formula is C42H87O6P. The van der Waals surface area contributed by atoms with E-state index in [0.717, 1.165) is 12.8 Å². The van der Waals surface area contributed by atoms with Gasteiger partial charge in [0.15, 0.2) is 0 Å². The van der Waals surface area contributed by atoms with E-state index in [4.69, 9.17) is 18.5 Å². The van der Waals surface area contributed by atoms with Crippen LogP contribution in [0.15, 0.2) is 0 Å². The molecule has 0 aliphatic heterocycles. The molecule has 0 saturated heterocycles. The van der Waals surface area contributed by atoms with Crippen LogP contribution in [0, 0.1) is 0 Å². The molecule has 0 radical (unpaired) electrons. The van der Waals surface area contributed by atoms with Crippen LogP contribution in [0.4, 0.5) is 0 Å². The fourth-order valence-electron chi connectivity index (χ4n) is 6.54. The third kappa shape index (κ3) is 40.7. The van der Waals surface area contributed by atoms with E-state index in [1.807, 2.05) is 0 Å². The molecule has 0 aromatic rings. The van der Waals surface area contributed by atoms with Gasteiger partial charge in [-0.1, -0.05) is 206 Å². The molecule has 0 aromatic heterocycles. The maximum atomic E-state index is 12.4. The lowest BCUT2D eigenvalue weighted by Gasteiger charge is -2.21. The van der Waals surface area contributed by atoms with Crippen LogP contribution in [-0.2, 0) is 23.1 Å². The monoisotopic (exact) mass is 719 g/mol. The summed E-state index contributed by atoms with van der Waals surface area (Å²) in [5.41, 5.74) is 0. The summed E-state index contributed by atoms with van der Waals surface area (Å²) in [7, 11) is -4.15. The Morgan fingerprint density at radius 1 is 0.388 bits per heavy atom. The van der Waals surface area contributed by atoms with Crippen LogP contribution < -0.4 is 0 Å². The Morgan fingerprint density at radius 3 is 0.816 bits per heavy atom. The van der Waals surface area contributed by atoms with Gasteiger partial charge in [0, 0.05) is 13.2 Å². The molecule has 49 heavy (non-hydrogen) atoms. The van der Waals surface area contributed by atoms with Gasteiger partial charge in [0.2, 0.25) is 0 Å². The van der Waals surface area contributed by atoms with Crippen LogP contribution in [0.3, 0.4) is 0 Å². The van der Waals surface area contributed by atoms with Gasteiger partial charge >= 0.3 is 7.82 Å². The van der Waals surface area contributed by atoms with Gasteiger partial charge in [-0.15, -0.1) is 0 Å². The molecule has 1 N–H and O–H groups in total. The summed E-state index contributed by atoms with van der Waals surface area (Å²) in [5.74, 6) is 0. The van der Waals surface area contributed by atoms with Crippen LogP contribution in [0.25, 0.3) is 0 Å². The molecule has 0 fully saturated rings. The van der Waals surface area contributed by atoms with Gasteiger partial charge in [-0.3, -0.25) is 9.05 Å². The van der Waals surface area contributed by atoms with Gasteiger partial charge in [-0.2, -0.15) is 0 Å². The zero-order chi connectivity index (χ0) is 35.9. The Bertz CT molecular complexity index is 626. The van der Waals surface area contributed by atoms with Crippen molar-refractivity contribution in [2.75, 3.05) is 26.4 Å². The highest BCUT2D eigenvalue weighted by Crippen LogP contribution is 2.45. The molecule has 0 aromatic carbocycles. The molecule has 0 saturated carbocycles. The van der Waals surface area contributed by atoms with E-state index in [1.54, 1.807) is 13.8 Å². The molecule has 2 unspecified atom stereocenters. The predicted molar refractivity (Wildman–Crippen MR) is 212 cm³/mol. The average molecular weight is 719 g/mol. The Balaban J connectivity index is 3.47. The second-order valence-corrected chi connectivity index (χ2v) is 16.4. The molecule has 0 aliphatic carbocycles. The first-order valence-corrected chi connectivity index (χ1v) is 23.3. The van der Waals surface area contributed by atoms with Gasteiger partial charge in [-0.25, -0.2) is 4.57 Å². The molecule has 0 rings (SSSR count). The van der Waals surface area contributed by atoms with Crippen molar-refractivity contribution in [3.05, 3.63) is 0 Å². The predicted octanol–water partition coefficient (Wildman–Crippen LogP) is 14.5. The smallest absolute Gasteiger partial charge is 0.379 e. The van der Waals surface area contributed by atoms with Crippen LogP contribution in [0.5, 0.6) is 0 Å². The van der Waals surface area contributed by atoms with Gasteiger partial charge in [-0.05, 0) is 26.7 Å². The number of hydrogen-bond acceptors (Lipinski definition) is 5. The van der Waals surface area contributed by atoms with E-state index in [1.165, 1.54) is 193 Å². The SMILES string of the molecule is CCCCCCCCCCCCCCCCCCOCC(C)OP(=O)(O)OC(C)COCCCCCCCCCCCCCCCCCC. The number of hydrogen-bond donors (Lipinski definition) is 1. The number of rotatable bonds is 42. The van der Waals surface area contributed by atoms with E-state index in [0.29, 0.717) is 13.2 Å². The first-order valence-electron chi connectivity index (χ1n) is 21.8. The zero-order valence-electron chi connectivity index (χ0n) is 33.5. The minimum Gasteiger partial charge on any atom is -0.379 e. The summed E-state index contributed by atoms with van der Waals surface area (Å²) in [6.07, 6.45) is 42.1. The van der Waals surface area contributed by atoms with E-state index in [9.17, 15) is 9.46 Å². The van der Waals surface area contributed by atoms with Crippen LogP contribution in [0.1, 0.15) is 233 Å². The lowest BCUT2D eigenvalue weighted by atomic mass is 10.0. The van der Waals surface area contributed by atoms with Crippen molar-refractivity contribution < 1.29 is 28.0 Å². The zero-order valence-corrected chi connectivity index (χ0v) is 34.4. The normalized spacial score (nSPS) is 14.3. The highest BCUT2D eigenvalue weighted by Gasteiger charge is 2.27. The minimum atomic E-state index is -4.15. The third-order valence-corrected chi connectivity index (χ3v) is 10.9.